The average Bonchev–Trinajstić information content (AvgIpc) is 3.04. The molecule has 0 aliphatic carbocycles. The molecule has 6 nitrogen and oxygen atoms in total. The minimum absolute atomic E-state index is 0.0194. The van der Waals surface area contributed by atoms with Crippen molar-refractivity contribution in [2.75, 3.05) is 6.54 Å². The number of oxazole rings is 1. The highest BCUT2D eigenvalue weighted by molar-refractivity contribution is 5.85. The quantitative estimate of drug-likeness (QED) is 0.930. The van der Waals surface area contributed by atoms with Crippen molar-refractivity contribution >= 4 is 11.9 Å². The predicted molar refractivity (Wildman–Crippen MR) is 82.6 cm³/mol. The van der Waals surface area contributed by atoms with Crippen LogP contribution >= 0.6 is 0 Å². The van der Waals surface area contributed by atoms with E-state index in [1.165, 1.54) is 35.4 Å². The van der Waals surface area contributed by atoms with Gasteiger partial charge in [-0.25, -0.2) is 14.2 Å². The Morgan fingerprint density at radius 3 is 2.75 bits per heavy atom. The molecule has 0 radical (unpaired) electrons. The van der Waals surface area contributed by atoms with E-state index in [-0.39, 0.29) is 18.1 Å². The van der Waals surface area contributed by atoms with Gasteiger partial charge < -0.3 is 14.4 Å². The minimum atomic E-state index is -0.977. The van der Waals surface area contributed by atoms with Crippen LogP contribution in [0.3, 0.4) is 0 Å². The summed E-state index contributed by atoms with van der Waals surface area (Å²) in [7, 11) is 0. The fraction of sp³-hybridized carbons (Fsp3) is 0.353. The Balaban J connectivity index is 1.70. The molecule has 0 spiro atoms. The van der Waals surface area contributed by atoms with E-state index in [2.05, 4.69) is 4.98 Å². The monoisotopic (exact) mass is 332 g/mol. The van der Waals surface area contributed by atoms with Crippen molar-refractivity contribution in [1.82, 2.24) is 9.88 Å². The fourth-order valence-corrected chi connectivity index (χ4v) is 2.86. The summed E-state index contributed by atoms with van der Waals surface area (Å²) in [5.74, 6) is -1.31. The van der Waals surface area contributed by atoms with E-state index in [0.717, 1.165) is 12.8 Å². The van der Waals surface area contributed by atoms with Gasteiger partial charge >= 0.3 is 5.97 Å². The molecule has 0 bridgehead atoms. The molecule has 1 saturated heterocycles. The van der Waals surface area contributed by atoms with Crippen molar-refractivity contribution in [2.24, 2.45) is 0 Å². The Hall–Kier alpha value is -2.70. The van der Waals surface area contributed by atoms with E-state index in [0.29, 0.717) is 30.1 Å². The lowest BCUT2D eigenvalue weighted by Crippen LogP contribution is -2.48. The lowest BCUT2D eigenvalue weighted by molar-refractivity contribution is -0.151. The summed E-state index contributed by atoms with van der Waals surface area (Å²) in [4.78, 5) is 29.3. The number of halogens is 1. The molecule has 3 rings (SSSR count). The van der Waals surface area contributed by atoms with Gasteiger partial charge in [-0.3, -0.25) is 4.79 Å². The molecule has 2 aromatic rings. The molecular weight excluding hydrogens is 315 g/mol. The van der Waals surface area contributed by atoms with Gasteiger partial charge in [-0.1, -0.05) is 0 Å². The molecule has 1 atom stereocenters. The number of likely N-dealkylation sites (tertiary alicyclic amines) is 1. The zero-order chi connectivity index (χ0) is 17.1. The molecule has 0 unspecified atom stereocenters. The van der Waals surface area contributed by atoms with Crippen molar-refractivity contribution in [3.05, 3.63) is 42.0 Å². The largest absolute Gasteiger partial charge is 0.480 e. The van der Waals surface area contributed by atoms with Gasteiger partial charge in [-0.05, 0) is 43.5 Å². The van der Waals surface area contributed by atoms with E-state index in [9.17, 15) is 19.1 Å². The van der Waals surface area contributed by atoms with Crippen LogP contribution < -0.4 is 0 Å². The maximum atomic E-state index is 12.9. The molecule has 1 N–H and O–H groups in total. The number of hydrogen-bond acceptors (Lipinski definition) is 4. The van der Waals surface area contributed by atoms with Crippen LogP contribution in [0, 0.1) is 5.82 Å². The van der Waals surface area contributed by atoms with Crippen molar-refractivity contribution in [3.63, 3.8) is 0 Å². The maximum absolute atomic E-state index is 12.9. The zero-order valence-corrected chi connectivity index (χ0v) is 12.9. The first kappa shape index (κ1) is 16.2. The van der Waals surface area contributed by atoms with E-state index in [1.807, 2.05) is 0 Å². The summed E-state index contributed by atoms with van der Waals surface area (Å²) in [6.07, 6.45) is 3.43. The lowest BCUT2D eigenvalue weighted by atomic mass is 10.0. The highest BCUT2D eigenvalue weighted by Crippen LogP contribution is 2.21. The zero-order valence-electron chi connectivity index (χ0n) is 12.9. The molecule has 1 amide bonds. The van der Waals surface area contributed by atoms with Gasteiger partial charge in [0.15, 0.2) is 0 Å². The Labute approximate surface area is 137 Å². The highest BCUT2D eigenvalue weighted by atomic mass is 19.1. The van der Waals surface area contributed by atoms with Crippen molar-refractivity contribution < 1.29 is 23.5 Å². The topological polar surface area (TPSA) is 83.6 Å². The lowest BCUT2D eigenvalue weighted by Gasteiger charge is -2.32. The van der Waals surface area contributed by atoms with Crippen LogP contribution in [-0.2, 0) is 16.0 Å². The van der Waals surface area contributed by atoms with E-state index in [1.54, 1.807) is 0 Å². The summed E-state index contributed by atoms with van der Waals surface area (Å²) in [5, 5.41) is 9.24. The van der Waals surface area contributed by atoms with Crippen LogP contribution in [0.5, 0.6) is 0 Å². The Kier molecular flexibility index (Phi) is 4.59. The summed E-state index contributed by atoms with van der Waals surface area (Å²) in [6.45, 7) is 0.443. The number of carboxylic acids is 1. The number of amides is 1. The first-order valence-electron chi connectivity index (χ1n) is 7.77. The van der Waals surface area contributed by atoms with Gasteiger partial charge in [0.05, 0.1) is 12.1 Å². The van der Waals surface area contributed by atoms with Gasteiger partial charge in [0.25, 0.3) is 0 Å². The van der Waals surface area contributed by atoms with E-state index < -0.39 is 12.0 Å². The van der Waals surface area contributed by atoms with Gasteiger partial charge in [-0.15, -0.1) is 0 Å². The number of rotatable bonds is 4. The third-order valence-corrected chi connectivity index (χ3v) is 4.08. The second-order valence-electron chi connectivity index (χ2n) is 5.76. The molecule has 7 heteroatoms. The van der Waals surface area contributed by atoms with Crippen LogP contribution in [0.2, 0.25) is 0 Å². The Bertz CT molecular complexity index is 741. The molecular formula is C17H17FN2O4. The average molecular weight is 332 g/mol. The molecule has 1 aromatic heterocycles. The normalized spacial score (nSPS) is 17.7. The molecule has 1 aliphatic heterocycles. The SMILES string of the molecule is O=C(O)[C@@H]1CCCCN1C(=O)Cc1coc(-c2ccc(F)cc2)n1. The maximum Gasteiger partial charge on any atom is 0.326 e. The number of carbonyl (C=O) groups is 2. The number of carbonyl (C=O) groups excluding carboxylic acids is 1. The summed E-state index contributed by atoms with van der Waals surface area (Å²) in [5.41, 5.74) is 1.03. The van der Waals surface area contributed by atoms with Gasteiger partial charge in [-0.2, -0.15) is 0 Å². The standard InChI is InChI=1S/C17H17FN2O4/c18-12-6-4-11(5-7-12)16-19-13(10-24-16)9-15(21)20-8-2-1-3-14(20)17(22)23/h4-7,10,14H,1-3,8-9H2,(H,22,23)/t14-/m0/s1. The molecule has 0 saturated carbocycles. The second-order valence-corrected chi connectivity index (χ2v) is 5.76. The van der Waals surface area contributed by atoms with Crippen LogP contribution in [-0.4, -0.2) is 39.5 Å². The second kappa shape index (κ2) is 6.82. The summed E-state index contributed by atoms with van der Waals surface area (Å²) >= 11 is 0. The number of carboxylic acid groups (broad SMARTS) is 1. The first-order valence-corrected chi connectivity index (χ1v) is 7.77. The summed E-state index contributed by atoms with van der Waals surface area (Å²) in [6, 6.07) is 4.91. The van der Waals surface area contributed by atoms with E-state index in [4.69, 9.17) is 4.42 Å². The summed E-state index contributed by atoms with van der Waals surface area (Å²) < 4.78 is 18.3. The molecule has 1 fully saturated rings. The van der Waals surface area contributed by atoms with Crippen LogP contribution in [0.25, 0.3) is 11.5 Å². The van der Waals surface area contributed by atoms with Crippen molar-refractivity contribution in [3.8, 4) is 11.5 Å². The smallest absolute Gasteiger partial charge is 0.326 e. The molecule has 24 heavy (non-hydrogen) atoms. The molecule has 2 heterocycles. The Morgan fingerprint density at radius 2 is 2.04 bits per heavy atom. The van der Waals surface area contributed by atoms with Gasteiger partial charge in [0.1, 0.15) is 18.1 Å². The van der Waals surface area contributed by atoms with Crippen LogP contribution in [0.15, 0.2) is 34.9 Å². The van der Waals surface area contributed by atoms with E-state index >= 15 is 0 Å². The minimum Gasteiger partial charge on any atom is -0.480 e. The number of piperidine rings is 1. The van der Waals surface area contributed by atoms with Crippen molar-refractivity contribution in [1.29, 1.82) is 0 Å². The Morgan fingerprint density at radius 1 is 1.29 bits per heavy atom. The molecule has 1 aromatic carbocycles. The number of aliphatic carboxylic acids is 1. The first-order chi connectivity index (χ1) is 11.5. The highest BCUT2D eigenvalue weighted by Gasteiger charge is 2.32. The van der Waals surface area contributed by atoms with Gasteiger partial charge in [0.2, 0.25) is 11.8 Å². The third kappa shape index (κ3) is 3.45. The number of aromatic nitrogens is 1. The fourth-order valence-electron chi connectivity index (χ4n) is 2.86. The number of hydrogen-bond donors (Lipinski definition) is 1. The predicted octanol–water partition coefficient (Wildman–Crippen LogP) is 2.49. The molecule has 1 aliphatic rings. The number of benzene rings is 1. The van der Waals surface area contributed by atoms with Crippen LogP contribution in [0.1, 0.15) is 25.0 Å². The van der Waals surface area contributed by atoms with Gasteiger partial charge in [0, 0.05) is 12.1 Å². The van der Waals surface area contributed by atoms with Crippen molar-refractivity contribution in [2.45, 2.75) is 31.7 Å². The molecule has 126 valence electrons. The third-order valence-electron chi connectivity index (χ3n) is 4.08. The number of nitrogens with zero attached hydrogens (tertiary/aromatic N) is 2. The van der Waals surface area contributed by atoms with Crippen LogP contribution in [0.4, 0.5) is 4.39 Å².